The fourth-order valence-corrected chi connectivity index (χ4v) is 3.11. The molecular formula is C17H25N7O. The average molecular weight is 343 g/mol. The van der Waals surface area contributed by atoms with Gasteiger partial charge in [-0.25, -0.2) is 0 Å². The lowest BCUT2D eigenvalue weighted by atomic mass is 10.0. The summed E-state index contributed by atoms with van der Waals surface area (Å²) < 4.78 is 1.74. The van der Waals surface area contributed by atoms with E-state index in [2.05, 4.69) is 37.1 Å². The highest BCUT2D eigenvalue weighted by Gasteiger charge is 2.38. The summed E-state index contributed by atoms with van der Waals surface area (Å²) >= 11 is 0. The quantitative estimate of drug-likeness (QED) is 0.664. The molecule has 0 bridgehead atoms. The molecule has 1 unspecified atom stereocenters. The molecular weight excluding hydrogens is 318 g/mol. The summed E-state index contributed by atoms with van der Waals surface area (Å²) in [7, 11) is 0. The molecule has 2 aliphatic heterocycles. The summed E-state index contributed by atoms with van der Waals surface area (Å²) in [5, 5.41) is 22.5. The Kier molecular flexibility index (Phi) is 5.76. The highest BCUT2D eigenvalue weighted by Crippen LogP contribution is 2.35. The van der Waals surface area contributed by atoms with Crippen molar-refractivity contribution < 1.29 is 4.79 Å². The summed E-state index contributed by atoms with van der Waals surface area (Å²) in [5.74, 6) is 2.38. The van der Waals surface area contributed by atoms with Crippen LogP contribution in [0.25, 0.3) is 0 Å². The van der Waals surface area contributed by atoms with Gasteiger partial charge in [-0.05, 0) is 25.8 Å². The van der Waals surface area contributed by atoms with E-state index >= 15 is 0 Å². The largest absolute Gasteiger partial charge is 0.350 e. The van der Waals surface area contributed by atoms with Crippen molar-refractivity contribution in [1.82, 2.24) is 25.6 Å². The molecule has 0 spiro atoms. The molecule has 8 nitrogen and oxygen atoms in total. The van der Waals surface area contributed by atoms with Gasteiger partial charge in [-0.2, -0.15) is 10.2 Å². The van der Waals surface area contributed by atoms with Crippen LogP contribution in [0.15, 0.2) is 16.4 Å². The molecule has 1 atom stereocenters. The number of aromatic nitrogens is 3. The number of amides is 1. The van der Waals surface area contributed by atoms with Crippen molar-refractivity contribution in [1.29, 1.82) is 0 Å². The lowest BCUT2D eigenvalue weighted by molar-refractivity contribution is 0.0947. The van der Waals surface area contributed by atoms with Crippen LogP contribution in [-0.4, -0.2) is 45.7 Å². The maximum absolute atomic E-state index is 12.2. The topological polar surface area (TPSA) is 96.6 Å². The third-order valence-corrected chi connectivity index (χ3v) is 4.75. The minimum atomic E-state index is -0.371. The van der Waals surface area contributed by atoms with Gasteiger partial charge >= 0.3 is 0 Å². The number of hydrogen-bond acceptors (Lipinski definition) is 6. The first-order valence-corrected chi connectivity index (χ1v) is 9.00. The zero-order valence-corrected chi connectivity index (χ0v) is 14.4. The van der Waals surface area contributed by atoms with Crippen LogP contribution in [0.5, 0.6) is 0 Å². The van der Waals surface area contributed by atoms with Crippen molar-refractivity contribution in [3.05, 3.63) is 11.9 Å². The van der Waals surface area contributed by atoms with Crippen molar-refractivity contribution in [2.24, 2.45) is 10.2 Å². The summed E-state index contributed by atoms with van der Waals surface area (Å²) in [6, 6.07) is 0.542. The molecule has 3 heterocycles. The molecule has 3 rings (SSSR count). The Labute approximate surface area is 147 Å². The summed E-state index contributed by atoms with van der Waals surface area (Å²) in [5.41, 5.74) is -0.0245. The van der Waals surface area contributed by atoms with Gasteiger partial charge in [0.25, 0.3) is 5.91 Å². The fourth-order valence-electron chi connectivity index (χ4n) is 3.11. The average Bonchev–Trinajstić information content (AvgIpc) is 3.24. The van der Waals surface area contributed by atoms with E-state index in [0.717, 1.165) is 25.9 Å². The van der Waals surface area contributed by atoms with Crippen LogP contribution in [0.3, 0.4) is 0 Å². The third kappa shape index (κ3) is 5.10. The molecule has 8 heteroatoms. The lowest BCUT2D eigenvalue weighted by Crippen LogP contribution is -2.34. The number of piperidine rings is 1. The first-order valence-electron chi connectivity index (χ1n) is 9.00. The number of carbonyl (C=O) groups is 1. The van der Waals surface area contributed by atoms with Crippen LogP contribution >= 0.6 is 0 Å². The molecule has 25 heavy (non-hydrogen) atoms. The number of carbonyl (C=O) groups excluding carboxylic acids is 1. The van der Waals surface area contributed by atoms with Crippen molar-refractivity contribution in [2.75, 3.05) is 13.1 Å². The van der Waals surface area contributed by atoms with E-state index in [1.807, 2.05) is 0 Å². The Balaban J connectivity index is 1.38. The number of aryl methyl sites for hydroxylation is 1. The van der Waals surface area contributed by atoms with Crippen molar-refractivity contribution in [2.45, 2.75) is 63.2 Å². The molecule has 0 aliphatic carbocycles. The van der Waals surface area contributed by atoms with E-state index in [-0.39, 0.29) is 11.6 Å². The second-order valence-electron chi connectivity index (χ2n) is 6.69. The Hall–Kier alpha value is -2.27. The number of nitrogens with zero attached hydrogens (tertiary/aromatic N) is 5. The number of nitrogens with one attached hydrogen (secondary N) is 2. The minimum Gasteiger partial charge on any atom is -0.350 e. The smallest absolute Gasteiger partial charge is 0.273 e. The summed E-state index contributed by atoms with van der Waals surface area (Å²) in [6.45, 7) is 2.36. The van der Waals surface area contributed by atoms with E-state index in [1.54, 1.807) is 10.9 Å². The summed E-state index contributed by atoms with van der Waals surface area (Å²) in [4.78, 5) is 12.2. The molecule has 2 aliphatic rings. The predicted octanol–water partition coefficient (Wildman–Crippen LogP) is 1.51. The standard InChI is InChI=1S/C17H25N7O/c1-2-3-8-17(21-22-17)9-11-19-16(25)15-13-24(23-20-15)12-7-14-6-4-5-10-18-14/h1,13-14,18H,3-12H2,(H,19,25). The minimum absolute atomic E-state index is 0.213. The molecule has 1 saturated heterocycles. The molecule has 1 aromatic heterocycles. The third-order valence-electron chi connectivity index (χ3n) is 4.75. The lowest BCUT2D eigenvalue weighted by Gasteiger charge is -2.23. The van der Waals surface area contributed by atoms with Crippen LogP contribution in [-0.2, 0) is 6.54 Å². The molecule has 0 saturated carbocycles. The molecule has 0 aromatic carbocycles. The van der Waals surface area contributed by atoms with E-state index in [0.29, 0.717) is 31.1 Å². The number of hydrogen-bond donors (Lipinski definition) is 2. The first-order chi connectivity index (χ1) is 12.2. The molecule has 134 valence electrons. The Morgan fingerprint density at radius 3 is 3.04 bits per heavy atom. The van der Waals surface area contributed by atoms with Gasteiger partial charge in [0.05, 0.1) is 6.20 Å². The molecule has 1 fully saturated rings. The first kappa shape index (κ1) is 17.5. The van der Waals surface area contributed by atoms with Gasteiger partial charge in [0, 0.05) is 38.4 Å². The van der Waals surface area contributed by atoms with E-state index in [4.69, 9.17) is 6.42 Å². The van der Waals surface area contributed by atoms with Gasteiger partial charge in [-0.15, -0.1) is 17.4 Å². The predicted molar refractivity (Wildman–Crippen MR) is 92.9 cm³/mol. The van der Waals surface area contributed by atoms with Gasteiger partial charge in [0.1, 0.15) is 0 Å². The van der Waals surface area contributed by atoms with E-state index < -0.39 is 0 Å². The van der Waals surface area contributed by atoms with Crippen LogP contribution < -0.4 is 10.6 Å². The van der Waals surface area contributed by atoms with Crippen LogP contribution in [0.4, 0.5) is 0 Å². The second kappa shape index (κ2) is 8.21. The monoisotopic (exact) mass is 343 g/mol. The SMILES string of the molecule is C#CCCC1(CCNC(=O)c2cn(CCC3CCCCN3)nn2)N=N1. The molecule has 0 radical (unpaired) electrons. The molecule has 1 amide bonds. The number of terminal acetylenes is 1. The Morgan fingerprint density at radius 2 is 2.32 bits per heavy atom. The van der Waals surface area contributed by atoms with Crippen molar-refractivity contribution in [3.8, 4) is 12.3 Å². The maximum Gasteiger partial charge on any atom is 0.273 e. The maximum atomic E-state index is 12.2. The Morgan fingerprint density at radius 1 is 1.44 bits per heavy atom. The highest BCUT2D eigenvalue weighted by molar-refractivity contribution is 5.91. The summed E-state index contributed by atoms with van der Waals surface area (Å²) in [6.07, 6.45) is 13.8. The van der Waals surface area contributed by atoms with Gasteiger partial charge in [-0.1, -0.05) is 11.6 Å². The second-order valence-corrected chi connectivity index (χ2v) is 6.69. The Bertz CT molecular complexity index is 648. The zero-order chi connectivity index (χ0) is 17.5. The zero-order valence-electron chi connectivity index (χ0n) is 14.4. The van der Waals surface area contributed by atoms with E-state index in [9.17, 15) is 4.79 Å². The molecule has 2 N–H and O–H groups in total. The fraction of sp³-hybridized carbons (Fsp3) is 0.706. The van der Waals surface area contributed by atoms with Crippen LogP contribution in [0.1, 0.15) is 55.4 Å². The van der Waals surface area contributed by atoms with Crippen molar-refractivity contribution in [3.63, 3.8) is 0 Å². The van der Waals surface area contributed by atoms with Crippen molar-refractivity contribution >= 4 is 5.91 Å². The van der Waals surface area contributed by atoms with Crippen LogP contribution in [0, 0.1) is 12.3 Å². The van der Waals surface area contributed by atoms with E-state index in [1.165, 1.54) is 19.3 Å². The van der Waals surface area contributed by atoms with Crippen LogP contribution in [0.2, 0.25) is 0 Å². The van der Waals surface area contributed by atoms with Gasteiger partial charge in [-0.3, -0.25) is 9.48 Å². The van der Waals surface area contributed by atoms with Gasteiger partial charge < -0.3 is 10.6 Å². The normalized spacial score (nSPS) is 20.8. The highest BCUT2D eigenvalue weighted by atomic mass is 16.2. The van der Waals surface area contributed by atoms with Gasteiger partial charge in [0.2, 0.25) is 0 Å². The number of rotatable bonds is 9. The van der Waals surface area contributed by atoms with Gasteiger partial charge in [0.15, 0.2) is 11.4 Å². The molecule has 1 aromatic rings.